The van der Waals surface area contributed by atoms with Crippen molar-refractivity contribution in [1.29, 1.82) is 0 Å². The van der Waals surface area contributed by atoms with Gasteiger partial charge in [-0.05, 0) is 67.6 Å². The smallest absolute Gasteiger partial charge is 0.271 e. The van der Waals surface area contributed by atoms with Crippen molar-refractivity contribution in [1.82, 2.24) is 19.5 Å². The quantitative estimate of drug-likeness (QED) is 0.346. The van der Waals surface area contributed by atoms with Gasteiger partial charge in [-0.15, -0.1) is 0 Å². The fourth-order valence-electron chi connectivity index (χ4n) is 3.65. The predicted molar refractivity (Wildman–Crippen MR) is 132 cm³/mol. The summed E-state index contributed by atoms with van der Waals surface area (Å²) >= 11 is 0. The highest BCUT2D eigenvalue weighted by molar-refractivity contribution is 6.06. The van der Waals surface area contributed by atoms with Crippen LogP contribution in [-0.4, -0.2) is 32.0 Å². The third-order valence-electron chi connectivity index (χ3n) is 5.33. The van der Waals surface area contributed by atoms with Crippen LogP contribution in [0, 0.1) is 5.82 Å². The van der Waals surface area contributed by atoms with Crippen molar-refractivity contribution < 1.29 is 18.7 Å². The Balaban J connectivity index is 1.39. The average molecular weight is 485 g/mol. The van der Waals surface area contributed by atoms with E-state index in [0.717, 1.165) is 5.39 Å². The number of nitrogens with zero attached hydrogens (tertiary/aromatic N) is 3. The Morgan fingerprint density at radius 3 is 2.58 bits per heavy atom. The number of amides is 1. The van der Waals surface area contributed by atoms with Crippen LogP contribution in [0.5, 0.6) is 17.4 Å². The number of hydrogen-bond acceptors (Lipinski definition) is 6. The van der Waals surface area contributed by atoms with Crippen LogP contribution >= 0.6 is 0 Å². The van der Waals surface area contributed by atoms with Crippen LogP contribution < -0.4 is 20.3 Å². The van der Waals surface area contributed by atoms with E-state index in [9.17, 15) is 14.0 Å². The summed E-state index contributed by atoms with van der Waals surface area (Å²) in [6.45, 7) is 2.02. The second kappa shape index (κ2) is 9.71. The lowest BCUT2D eigenvalue weighted by Gasteiger charge is -2.14. The molecule has 0 aliphatic heterocycles. The van der Waals surface area contributed by atoms with Gasteiger partial charge in [0, 0.05) is 23.8 Å². The number of nitrogens with one attached hydrogen (secondary N) is 2. The van der Waals surface area contributed by atoms with E-state index in [1.54, 1.807) is 37.4 Å². The molecule has 0 radical (unpaired) electrons. The number of ether oxygens (including phenoxy) is 2. The van der Waals surface area contributed by atoms with Gasteiger partial charge in [0.05, 0.1) is 12.0 Å². The van der Waals surface area contributed by atoms with E-state index in [4.69, 9.17) is 9.47 Å². The average Bonchev–Trinajstić information content (AvgIpc) is 3.36. The Morgan fingerprint density at radius 1 is 1.06 bits per heavy atom. The third-order valence-corrected chi connectivity index (χ3v) is 5.33. The van der Waals surface area contributed by atoms with Crippen molar-refractivity contribution >= 4 is 22.6 Å². The Morgan fingerprint density at radius 2 is 1.83 bits per heavy atom. The first kappa shape index (κ1) is 22.8. The van der Waals surface area contributed by atoms with E-state index in [0.29, 0.717) is 28.7 Å². The Bertz CT molecular complexity index is 1590. The minimum absolute atomic E-state index is 0.151. The van der Waals surface area contributed by atoms with Crippen LogP contribution in [0.3, 0.4) is 0 Å². The molecule has 0 saturated carbocycles. The molecule has 0 fully saturated rings. The lowest BCUT2D eigenvalue weighted by atomic mass is 10.2. The first-order valence-electron chi connectivity index (χ1n) is 11.0. The second-order valence-corrected chi connectivity index (χ2v) is 7.64. The molecule has 3 aromatic heterocycles. The zero-order valence-corrected chi connectivity index (χ0v) is 19.1. The molecule has 0 aliphatic carbocycles. The maximum atomic E-state index is 13.3. The highest BCUT2D eigenvalue weighted by atomic mass is 19.1. The summed E-state index contributed by atoms with van der Waals surface area (Å²) in [7, 11) is 0. The van der Waals surface area contributed by atoms with Crippen LogP contribution in [0.2, 0.25) is 0 Å². The first-order valence-corrected chi connectivity index (χ1v) is 11.0. The summed E-state index contributed by atoms with van der Waals surface area (Å²) < 4.78 is 26.0. The van der Waals surface area contributed by atoms with Crippen LogP contribution in [0.4, 0.5) is 10.1 Å². The molecule has 9 nitrogen and oxygen atoms in total. The molecule has 0 bridgehead atoms. The van der Waals surface area contributed by atoms with Gasteiger partial charge in [0.15, 0.2) is 0 Å². The summed E-state index contributed by atoms with van der Waals surface area (Å²) in [6.07, 6.45) is 4.63. The Labute approximate surface area is 204 Å². The normalized spacial score (nSPS) is 10.8. The van der Waals surface area contributed by atoms with Gasteiger partial charge in [-0.3, -0.25) is 14.2 Å². The summed E-state index contributed by atoms with van der Waals surface area (Å²) in [5.74, 6) is -0.0241. The molecule has 0 aliphatic rings. The fourth-order valence-corrected chi connectivity index (χ4v) is 3.65. The zero-order valence-electron chi connectivity index (χ0n) is 19.1. The molecule has 2 aromatic carbocycles. The molecular formula is C26H20FN5O4. The number of anilines is 1. The van der Waals surface area contributed by atoms with Crippen molar-refractivity contribution in [3.8, 4) is 23.1 Å². The summed E-state index contributed by atoms with van der Waals surface area (Å²) in [5.41, 5.74) is 0.759. The first-order chi connectivity index (χ1) is 17.5. The minimum atomic E-state index is -0.640. The molecule has 0 spiro atoms. The molecule has 2 N–H and O–H groups in total. The topological polar surface area (TPSA) is 111 Å². The number of rotatable bonds is 7. The fraction of sp³-hybridized carbons (Fsp3) is 0.0769. The van der Waals surface area contributed by atoms with Crippen molar-refractivity contribution in [3.05, 3.63) is 101 Å². The lowest BCUT2D eigenvalue weighted by Crippen LogP contribution is -2.29. The van der Waals surface area contributed by atoms with E-state index in [1.807, 2.05) is 6.07 Å². The van der Waals surface area contributed by atoms with Gasteiger partial charge in [-0.25, -0.2) is 14.4 Å². The van der Waals surface area contributed by atoms with E-state index in [-0.39, 0.29) is 17.9 Å². The number of fused-ring (bicyclic) bond motifs is 1. The van der Waals surface area contributed by atoms with E-state index in [1.165, 1.54) is 47.4 Å². The number of aromatic amines is 1. The van der Waals surface area contributed by atoms with Crippen LogP contribution in [0.25, 0.3) is 16.7 Å². The molecule has 0 saturated heterocycles. The van der Waals surface area contributed by atoms with Gasteiger partial charge in [0.25, 0.3) is 11.5 Å². The number of carbonyl (C=O) groups is 1. The number of carbonyl (C=O) groups excluding carboxylic acids is 1. The molecule has 0 atom stereocenters. The number of benzene rings is 2. The van der Waals surface area contributed by atoms with Gasteiger partial charge in [-0.2, -0.15) is 0 Å². The van der Waals surface area contributed by atoms with Gasteiger partial charge in [0.2, 0.25) is 5.88 Å². The Kier molecular flexibility index (Phi) is 6.14. The summed E-state index contributed by atoms with van der Waals surface area (Å²) in [6, 6.07) is 15.4. The van der Waals surface area contributed by atoms with Crippen molar-refractivity contribution in [2.45, 2.75) is 6.92 Å². The van der Waals surface area contributed by atoms with Crippen molar-refractivity contribution in [2.24, 2.45) is 0 Å². The molecule has 1 amide bonds. The largest absolute Gasteiger partial charge is 0.493 e. The summed E-state index contributed by atoms with van der Waals surface area (Å²) in [4.78, 5) is 37.6. The lowest BCUT2D eigenvalue weighted by molar-refractivity contribution is 0.102. The molecule has 180 valence electrons. The predicted octanol–water partition coefficient (Wildman–Crippen LogP) is 4.69. The van der Waals surface area contributed by atoms with E-state index >= 15 is 0 Å². The van der Waals surface area contributed by atoms with Gasteiger partial charge >= 0.3 is 0 Å². The van der Waals surface area contributed by atoms with E-state index in [2.05, 4.69) is 20.3 Å². The molecule has 5 aromatic rings. The maximum Gasteiger partial charge on any atom is 0.271 e. The van der Waals surface area contributed by atoms with Gasteiger partial charge < -0.3 is 19.8 Å². The molecule has 5 rings (SSSR count). The second-order valence-electron chi connectivity index (χ2n) is 7.64. The van der Waals surface area contributed by atoms with E-state index < -0.39 is 17.3 Å². The molecule has 36 heavy (non-hydrogen) atoms. The molecule has 3 heterocycles. The monoisotopic (exact) mass is 485 g/mol. The number of hydrogen-bond donors (Lipinski definition) is 2. The summed E-state index contributed by atoms with van der Waals surface area (Å²) in [5, 5.41) is 3.46. The molecule has 10 heteroatoms. The van der Waals surface area contributed by atoms with Gasteiger partial charge in [0.1, 0.15) is 34.9 Å². The standard InChI is InChI=1S/C26H20FN5O4/c1-2-35-21-12-14-32(18-7-3-16(27)4-8-18)26(34)22(21)24(33)31-17-5-9-19(10-6-17)36-25-20-11-13-28-23(20)29-15-30-25/h3-15H,2H2,1H3,(H,31,33)(H,28,29,30). The Hall–Kier alpha value is -4.99. The van der Waals surface area contributed by atoms with Crippen LogP contribution in [0.15, 0.2) is 84.2 Å². The number of aromatic nitrogens is 4. The number of pyridine rings is 1. The molecule has 0 unspecified atom stereocenters. The van der Waals surface area contributed by atoms with Crippen LogP contribution in [0.1, 0.15) is 17.3 Å². The SMILES string of the molecule is CCOc1ccn(-c2ccc(F)cc2)c(=O)c1C(=O)Nc1ccc(Oc2ncnc3[nH]ccc23)cc1. The maximum absolute atomic E-state index is 13.3. The number of halogens is 1. The van der Waals surface area contributed by atoms with Crippen molar-refractivity contribution in [3.63, 3.8) is 0 Å². The zero-order chi connectivity index (χ0) is 25.1. The number of H-pyrrole nitrogens is 1. The highest BCUT2D eigenvalue weighted by Gasteiger charge is 2.20. The third kappa shape index (κ3) is 4.51. The van der Waals surface area contributed by atoms with Crippen LogP contribution in [-0.2, 0) is 0 Å². The van der Waals surface area contributed by atoms with Crippen molar-refractivity contribution in [2.75, 3.05) is 11.9 Å². The van der Waals surface area contributed by atoms with Gasteiger partial charge in [-0.1, -0.05) is 0 Å². The highest BCUT2D eigenvalue weighted by Crippen LogP contribution is 2.27. The minimum Gasteiger partial charge on any atom is -0.493 e. The molecular weight excluding hydrogens is 465 g/mol.